The van der Waals surface area contributed by atoms with Gasteiger partial charge in [-0.05, 0) is 49.7 Å². The molecule has 0 aliphatic carbocycles. The fraction of sp³-hybridized carbons (Fsp3) is 0.222. The summed E-state index contributed by atoms with van der Waals surface area (Å²) in [5.41, 5.74) is 2.23. The van der Waals surface area contributed by atoms with E-state index in [-0.39, 0.29) is 24.3 Å². The van der Waals surface area contributed by atoms with E-state index < -0.39 is 0 Å². The van der Waals surface area contributed by atoms with E-state index in [1.807, 2.05) is 31.2 Å². The monoisotopic (exact) mass is 330 g/mol. The Kier molecular flexibility index (Phi) is 5.90. The van der Waals surface area contributed by atoms with Gasteiger partial charge in [0, 0.05) is 22.3 Å². The van der Waals surface area contributed by atoms with E-state index in [0.29, 0.717) is 16.3 Å². The molecule has 23 heavy (non-hydrogen) atoms. The third-order valence-corrected chi connectivity index (χ3v) is 3.86. The molecule has 0 fully saturated rings. The normalized spacial score (nSPS) is 11.8. The number of amides is 1. The van der Waals surface area contributed by atoms with Crippen molar-refractivity contribution in [2.45, 2.75) is 19.9 Å². The van der Waals surface area contributed by atoms with Gasteiger partial charge < -0.3 is 10.6 Å². The van der Waals surface area contributed by atoms with Crippen molar-refractivity contribution in [1.82, 2.24) is 5.32 Å². The molecular formula is C18H19ClN2O2. The molecule has 5 heteroatoms. The number of halogens is 1. The lowest BCUT2D eigenvalue weighted by Gasteiger charge is -2.15. The molecule has 0 spiro atoms. The summed E-state index contributed by atoms with van der Waals surface area (Å²) >= 11 is 6.14. The highest BCUT2D eigenvalue weighted by Crippen LogP contribution is 2.21. The lowest BCUT2D eigenvalue weighted by Crippen LogP contribution is -2.30. The van der Waals surface area contributed by atoms with E-state index in [9.17, 15) is 9.59 Å². The van der Waals surface area contributed by atoms with E-state index in [1.54, 1.807) is 24.3 Å². The summed E-state index contributed by atoms with van der Waals surface area (Å²) in [5.74, 6) is -0.155. The summed E-state index contributed by atoms with van der Waals surface area (Å²) in [7, 11) is 0. The van der Waals surface area contributed by atoms with Crippen LogP contribution in [0.5, 0.6) is 0 Å². The summed E-state index contributed by atoms with van der Waals surface area (Å²) in [6, 6.07) is 14.3. The highest BCUT2D eigenvalue weighted by molar-refractivity contribution is 6.31. The standard InChI is InChI=1S/C18H19ClN2O2/c1-12(16-5-3-4-6-17(16)19)20-11-18(23)21-15-9-7-14(8-10-15)13(2)22/h3-10,12,20H,11H2,1-2H3,(H,21,23)/t12-/m1/s1. The van der Waals surface area contributed by atoms with E-state index >= 15 is 0 Å². The Balaban J connectivity index is 1.87. The zero-order valence-electron chi connectivity index (χ0n) is 13.1. The van der Waals surface area contributed by atoms with Gasteiger partial charge in [-0.2, -0.15) is 0 Å². The third-order valence-electron chi connectivity index (χ3n) is 3.52. The Morgan fingerprint density at radius 3 is 2.35 bits per heavy atom. The van der Waals surface area contributed by atoms with E-state index in [4.69, 9.17) is 11.6 Å². The Morgan fingerprint density at radius 1 is 1.09 bits per heavy atom. The van der Waals surface area contributed by atoms with Gasteiger partial charge in [0.2, 0.25) is 5.91 Å². The van der Waals surface area contributed by atoms with Crippen LogP contribution in [0.3, 0.4) is 0 Å². The molecule has 0 bridgehead atoms. The summed E-state index contributed by atoms with van der Waals surface area (Å²) in [6.45, 7) is 3.63. The molecule has 0 radical (unpaired) electrons. The van der Waals surface area contributed by atoms with Crippen LogP contribution in [-0.2, 0) is 4.79 Å². The van der Waals surface area contributed by atoms with Gasteiger partial charge in [-0.15, -0.1) is 0 Å². The van der Waals surface area contributed by atoms with Crippen LogP contribution in [0, 0.1) is 0 Å². The van der Waals surface area contributed by atoms with E-state index in [0.717, 1.165) is 5.56 Å². The number of hydrogen-bond donors (Lipinski definition) is 2. The number of ketones is 1. The van der Waals surface area contributed by atoms with Crippen LogP contribution in [0.15, 0.2) is 48.5 Å². The summed E-state index contributed by atoms with van der Waals surface area (Å²) in [6.07, 6.45) is 0. The van der Waals surface area contributed by atoms with Crippen molar-refractivity contribution in [1.29, 1.82) is 0 Å². The highest BCUT2D eigenvalue weighted by atomic mass is 35.5. The first-order valence-electron chi connectivity index (χ1n) is 7.36. The first-order valence-corrected chi connectivity index (χ1v) is 7.74. The van der Waals surface area contributed by atoms with Gasteiger partial charge in [0.15, 0.2) is 5.78 Å². The lowest BCUT2D eigenvalue weighted by molar-refractivity contribution is -0.115. The van der Waals surface area contributed by atoms with Crippen molar-refractivity contribution in [2.75, 3.05) is 11.9 Å². The summed E-state index contributed by atoms with van der Waals surface area (Å²) in [4.78, 5) is 23.2. The molecule has 0 saturated carbocycles. The average molecular weight is 331 g/mol. The minimum absolute atomic E-state index is 0.00175. The smallest absolute Gasteiger partial charge is 0.238 e. The first kappa shape index (κ1) is 17.2. The SMILES string of the molecule is CC(=O)c1ccc(NC(=O)CN[C@H](C)c2ccccc2Cl)cc1. The van der Waals surface area contributed by atoms with Gasteiger partial charge >= 0.3 is 0 Å². The topological polar surface area (TPSA) is 58.2 Å². The maximum Gasteiger partial charge on any atom is 0.238 e. The maximum absolute atomic E-state index is 12.0. The molecule has 2 aromatic rings. The number of rotatable bonds is 6. The fourth-order valence-electron chi connectivity index (χ4n) is 2.18. The van der Waals surface area contributed by atoms with Gasteiger partial charge in [0.25, 0.3) is 0 Å². The Bertz CT molecular complexity index is 698. The predicted octanol–water partition coefficient (Wildman–Crippen LogP) is 3.83. The zero-order valence-corrected chi connectivity index (χ0v) is 13.9. The molecule has 2 aromatic carbocycles. The van der Waals surface area contributed by atoms with E-state index in [1.165, 1.54) is 6.92 Å². The molecule has 4 nitrogen and oxygen atoms in total. The molecule has 2 rings (SSSR count). The largest absolute Gasteiger partial charge is 0.325 e. The number of anilines is 1. The second-order valence-corrected chi connectivity index (χ2v) is 5.71. The number of carbonyl (C=O) groups is 2. The van der Waals surface area contributed by atoms with Crippen LogP contribution in [0.25, 0.3) is 0 Å². The van der Waals surface area contributed by atoms with Crippen molar-refractivity contribution in [2.24, 2.45) is 0 Å². The Labute approximate surface area is 140 Å². The first-order chi connectivity index (χ1) is 11.0. The Morgan fingerprint density at radius 2 is 1.74 bits per heavy atom. The fourth-order valence-corrected chi connectivity index (χ4v) is 2.47. The molecule has 0 saturated heterocycles. The van der Waals surface area contributed by atoms with Crippen LogP contribution in [0.4, 0.5) is 5.69 Å². The predicted molar refractivity (Wildman–Crippen MR) is 92.9 cm³/mol. The van der Waals surface area contributed by atoms with Crippen LogP contribution < -0.4 is 10.6 Å². The summed E-state index contributed by atoms with van der Waals surface area (Å²) < 4.78 is 0. The van der Waals surface area contributed by atoms with Crippen LogP contribution in [-0.4, -0.2) is 18.2 Å². The minimum atomic E-state index is -0.153. The van der Waals surface area contributed by atoms with Gasteiger partial charge in [-0.1, -0.05) is 29.8 Å². The molecular weight excluding hydrogens is 312 g/mol. The number of nitrogens with one attached hydrogen (secondary N) is 2. The average Bonchev–Trinajstić information content (AvgIpc) is 2.53. The van der Waals surface area contributed by atoms with Gasteiger partial charge in [-0.25, -0.2) is 0 Å². The van der Waals surface area contributed by atoms with Crippen LogP contribution in [0.2, 0.25) is 5.02 Å². The lowest BCUT2D eigenvalue weighted by atomic mass is 10.1. The van der Waals surface area contributed by atoms with Gasteiger partial charge in [0.05, 0.1) is 6.54 Å². The zero-order chi connectivity index (χ0) is 16.8. The van der Waals surface area contributed by atoms with Crippen LogP contribution >= 0.6 is 11.6 Å². The number of carbonyl (C=O) groups excluding carboxylic acids is 2. The molecule has 0 aliphatic rings. The van der Waals surface area contributed by atoms with Gasteiger partial charge in [-0.3, -0.25) is 9.59 Å². The van der Waals surface area contributed by atoms with Crippen molar-refractivity contribution in [3.63, 3.8) is 0 Å². The molecule has 120 valence electrons. The van der Waals surface area contributed by atoms with E-state index in [2.05, 4.69) is 10.6 Å². The highest BCUT2D eigenvalue weighted by Gasteiger charge is 2.10. The quantitative estimate of drug-likeness (QED) is 0.791. The van der Waals surface area contributed by atoms with Gasteiger partial charge in [0.1, 0.15) is 0 Å². The van der Waals surface area contributed by atoms with Crippen molar-refractivity contribution in [3.8, 4) is 0 Å². The number of Topliss-reactive ketones (excluding diaryl/α,β-unsaturated/α-hetero) is 1. The third kappa shape index (κ3) is 4.91. The Hall–Kier alpha value is -2.17. The second-order valence-electron chi connectivity index (χ2n) is 5.31. The summed E-state index contributed by atoms with van der Waals surface area (Å²) in [5, 5.41) is 6.60. The molecule has 0 unspecified atom stereocenters. The number of hydrogen-bond acceptors (Lipinski definition) is 3. The molecule has 2 N–H and O–H groups in total. The van der Waals surface area contributed by atoms with Crippen molar-refractivity contribution >= 4 is 29.0 Å². The van der Waals surface area contributed by atoms with Crippen molar-refractivity contribution < 1.29 is 9.59 Å². The molecule has 1 atom stereocenters. The molecule has 0 aliphatic heterocycles. The second kappa shape index (κ2) is 7.90. The van der Waals surface area contributed by atoms with Crippen molar-refractivity contribution in [3.05, 3.63) is 64.7 Å². The molecule has 1 amide bonds. The van der Waals surface area contributed by atoms with Crippen LogP contribution in [0.1, 0.15) is 35.8 Å². The molecule has 0 aromatic heterocycles. The minimum Gasteiger partial charge on any atom is -0.325 e. The number of benzene rings is 2. The maximum atomic E-state index is 12.0. The molecule has 0 heterocycles.